The van der Waals surface area contributed by atoms with Crippen molar-refractivity contribution >= 4 is 12.0 Å². The lowest BCUT2D eigenvalue weighted by Gasteiger charge is -2.38. The molecule has 4 rings (SSSR count). The Labute approximate surface area is 180 Å². The third-order valence-corrected chi connectivity index (χ3v) is 7.66. The molecule has 2 atom stereocenters. The molecule has 4 aliphatic rings. The summed E-state index contributed by atoms with van der Waals surface area (Å²) in [6.07, 6.45) is 5.00. The van der Waals surface area contributed by atoms with E-state index in [2.05, 4.69) is 16.7 Å². The average Bonchev–Trinajstić information content (AvgIpc) is 3.32. The van der Waals surface area contributed by atoms with Gasteiger partial charge in [0.1, 0.15) is 5.60 Å². The normalized spacial score (nSPS) is 30.3. The first-order valence-corrected chi connectivity index (χ1v) is 11.9. The number of carbonyl (C=O) groups excluding carboxylic acids is 2. The Morgan fingerprint density at radius 2 is 1.77 bits per heavy atom. The maximum absolute atomic E-state index is 12.8. The summed E-state index contributed by atoms with van der Waals surface area (Å²) in [5.41, 5.74) is 5.58. The van der Waals surface area contributed by atoms with Crippen molar-refractivity contribution in [2.75, 3.05) is 65.4 Å². The summed E-state index contributed by atoms with van der Waals surface area (Å²) in [5, 5.41) is 0. The minimum absolute atomic E-state index is 0.0934. The maximum atomic E-state index is 12.8. The number of likely N-dealkylation sites (tertiary alicyclic amines) is 1. The quantitative estimate of drug-likeness (QED) is 0.688. The number of piperidine rings is 1. The summed E-state index contributed by atoms with van der Waals surface area (Å²) >= 11 is 0. The Morgan fingerprint density at radius 3 is 2.40 bits per heavy atom. The summed E-state index contributed by atoms with van der Waals surface area (Å²) < 4.78 is 5.85. The van der Waals surface area contributed by atoms with Crippen LogP contribution in [-0.4, -0.2) is 109 Å². The lowest BCUT2D eigenvalue weighted by Crippen LogP contribution is -2.50. The number of likely N-dealkylation sites (N-methyl/N-ethyl adjacent to an activating group) is 1. The van der Waals surface area contributed by atoms with Crippen LogP contribution in [0.1, 0.15) is 45.4 Å². The monoisotopic (exact) mass is 421 g/mol. The van der Waals surface area contributed by atoms with E-state index in [1.807, 2.05) is 9.80 Å². The third kappa shape index (κ3) is 4.92. The topological polar surface area (TPSA) is 82.3 Å². The SMILES string of the molecule is CCN1CCN(CCCN2CC3(CCN(C(=O)[C@H]4CC[C@@H](N)C4)CC3)OC2=O)CC1. The highest BCUT2D eigenvalue weighted by Gasteiger charge is 2.47. The van der Waals surface area contributed by atoms with E-state index in [9.17, 15) is 9.59 Å². The lowest BCUT2D eigenvalue weighted by molar-refractivity contribution is -0.138. The molecular formula is C22H39N5O3. The van der Waals surface area contributed by atoms with Gasteiger partial charge >= 0.3 is 6.09 Å². The maximum Gasteiger partial charge on any atom is 0.410 e. The Morgan fingerprint density at radius 1 is 1.07 bits per heavy atom. The van der Waals surface area contributed by atoms with Crippen LogP contribution in [0, 0.1) is 5.92 Å². The number of nitrogens with zero attached hydrogens (tertiary/aromatic N) is 4. The molecular weight excluding hydrogens is 382 g/mol. The van der Waals surface area contributed by atoms with Crippen molar-refractivity contribution in [3.8, 4) is 0 Å². The van der Waals surface area contributed by atoms with E-state index in [0.717, 1.165) is 84.3 Å². The molecule has 3 heterocycles. The van der Waals surface area contributed by atoms with Crippen LogP contribution in [0.25, 0.3) is 0 Å². The van der Waals surface area contributed by atoms with Crippen molar-refractivity contribution in [2.24, 2.45) is 11.7 Å². The van der Waals surface area contributed by atoms with Gasteiger partial charge in [0.25, 0.3) is 0 Å². The first kappa shape index (κ1) is 21.8. The Bertz CT molecular complexity index is 614. The summed E-state index contributed by atoms with van der Waals surface area (Å²) in [6, 6.07) is 0.176. The molecule has 2 N–H and O–H groups in total. The molecule has 0 aromatic heterocycles. The van der Waals surface area contributed by atoms with E-state index in [1.165, 1.54) is 0 Å². The van der Waals surface area contributed by atoms with E-state index in [1.54, 1.807) is 0 Å². The second-order valence-corrected chi connectivity index (χ2v) is 9.70. The fourth-order valence-electron chi connectivity index (χ4n) is 5.57. The van der Waals surface area contributed by atoms with E-state index in [0.29, 0.717) is 19.6 Å². The van der Waals surface area contributed by atoms with E-state index >= 15 is 0 Å². The number of ether oxygens (including phenoxy) is 1. The van der Waals surface area contributed by atoms with Gasteiger partial charge in [-0.3, -0.25) is 4.79 Å². The van der Waals surface area contributed by atoms with Gasteiger partial charge in [-0.05, 0) is 38.8 Å². The molecule has 0 unspecified atom stereocenters. The van der Waals surface area contributed by atoms with Gasteiger partial charge in [0.05, 0.1) is 6.54 Å². The van der Waals surface area contributed by atoms with Crippen molar-refractivity contribution < 1.29 is 14.3 Å². The summed E-state index contributed by atoms with van der Waals surface area (Å²) in [6.45, 7) is 11.7. The van der Waals surface area contributed by atoms with Crippen molar-refractivity contribution in [3.63, 3.8) is 0 Å². The summed E-state index contributed by atoms with van der Waals surface area (Å²) in [7, 11) is 0. The summed E-state index contributed by atoms with van der Waals surface area (Å²) in [4.78, 5) is 34.1. The number of hydrogen-bond donors (Lipinski definition) is 1. The third-order valence-electron chi connectivity index (χ3n) is 7.66. The van der Waals surface area contributed by atoms with E-state index in [4.69, 9.17) is 10.5 Å². The molecule has 170 valence electrons. The fraction of sp³-hybridized carbons (Fsp3) is 0.909. The lowest BCUT2D eigenvalue weighted by atomic mass is 9.90. The predicted molar refractivity (Wildman–Crippen MR) is 115 cm³/mol. The number of piperazine rings is 1. The van der Waals surface area contributed by atoms with Crippen LogP contribution >= 0.6 is 0 Å². The van der Waals surface area contributed by atoms with Crippen LogP contribution in [0.2, 0.25) is 0 Å². The van der Waals surface area contributed by atoms with Crippen LogP contribution in [0.3, 0.4) is 0 Å². The second kappa shape index (κ2) is 9.40. The van der Waals surface area contributed by atoms with Crippen molar-refractivity contribution in [2.45, 2.75) is 57.1 Å². The Kier molecular flexibility index (Phi) is 6.85. The molecule has 0 aromatic rings. The number of rotatable bonds is 6. The first-order valence-electron chi connectivity index (χ1n) is 11.9. The molecule has 4 fully saturated rings. The van der Waals surface area contributed by atoms with Crippen LogP contribution in [0.5, 0.6) is 0 Å². The van der Waals surface area contributed by atoms with Gasteiger partial charge in [-0.2, -0.15) is 0 Å². The van der Waals surface area contributed by atoms with Crippen molar-refractivity contribution in [3.05, 3.63) is 0 Å². The number of hydrogen-bond acceptors (Lipinski definition) is 6. The van der Waals surface area contributed by atoms with Gasteiger partial charge in [0.2, 0.25) is 5.91 Å². The van der Waals surface area contributed by atoms with Gasteiger partial charge in [0, 0.05) is 70.6 Å². The minimum atomic E-state index is -0.396. The van der Waals surface area contributed by atoms with Crippen LogP contribution in [-0.2, 0) is 9.53 Å². The predicted octanol–water partition coefficient (Wildman–Crippen LogP) is 0.955. The second-order valence-electron chi connectivity index (χ2n) is 9.70. The molecule has 8 nitrogen and oxygen atoms in total. The molecule has 1 saturated carbocycles. The zero-order valence-corrected chi connectivity index (χ0v) is 18.6. The molecule has 3 saturated heterocycles. The highest BCUT2D eigenvalue weighted by Crippen LogP contribution is 2.35. The van der Waals surface area contributed by atoms with E-state index in [-0.39, 0.29) is 24.0 Å². The zero-order valence-electron chi connectivity index (χ0n) is 18.6. The number of amides is 2. The van der Waals surface area contributed by atoms with Gasteiger partial charge in [0.15, 0.2) is 0 Å². The molecule has 1 spiro atoms. The Hall–Kier alpha value is -1.38. The molecule has 8 heteroatoms. The fourth-order valence-corrected chi connectivity index (χ4v) is 5.57. The zero-order chi connectivity index (χ0) is 21.1. The van der Waals surface area contributed by atoms with E-state index < -0.39 is 5.60 Å². The average molecular weight is 422 g/mol. The highest BCUT2D eigenvalue weighted by molar-refractivity contribution is 5.79. The van der Waals surface area contributed by atoms with Crippen LogP contribution < -0.4 is 5.73 Å². The van der Waals surface area contributed by atoms with Gasteiger partial charge < -0.3 is 30.1 Å². The molecule has 0 bridgehead atoms. The molecule has 0 radical (unpaired) electrons. The number of nitrogens with two attached hydrogens (primary N) is 1. The molecule has 30 heavy (non-hydrogen) atoms. The smallest absolute Gasteiger partial charge is 0.410 e. The molecule has 3 aliphatic heterocycles. The molecule has 1 aliphatic carbocycles. The Balaban J connectivity index is 1.19. The highest BCUT2D eigenvalue weighted by atomic mass is 16.6. The molecule has 2 amide bonds. The van der Waals surface area contributed by atoms with Gasteiger partial charge in [-0.25, -0.2) is 4.79 Å². The molecule has 0 aromatic carbocycles. The standard InChI is InChI=1S/C22H39N5O3/c1-2-24-12-14-25(15-13-24)8-3-9-27-17-22(30-21(27)29)6-10-26(11-7-22)20(28)18-4-5-19(23)16-18/h18-19H,2-17,23H2,1H3/t18-,19+/m0/s1. The van der Waals surface area contributed by atoms with Crippen LogP contribution in [0.4, 0.5) is 4.79 Å². The largest absolute Gasteiger partial charge is 0.441 e. The number of carbonyl (C=O) groups is 2. The van der Waals surface area contributed by atoms with Crippen molar-refractivity contribution in [1.82, 2.24) is 19.6 Å². The van der Waals surface area contributed by atoms with Crippen molar-refractivity contribution in [1.29, 1.82) is 0 Å². The first-order chi connectivity index (χ1) is 14.5. The van der Waals surface area contributed by atoms with Gasteiger partial charge in [-0.15, -0.1) is 0 Å². The minimum Gasteiger partial charge on any atom is -0.441 e. The van der Waals surface area contributed by atoms with Gasteiger partial charge in [-0.1, -0.05) is 6.92 Å². The summed E-state index contributed by atoms with van der Waals surface area (Å²) in [5.74, 6) is 0.345. The van der Waals surface area contributed by atoms with Crippen LogP contribution in [0.15, 0.2) is 0 Å².